The van der Waals surface area contributed by atoms with E-state index in [2.05, 4.69) is 0 Å². The Bertz CT molecular complexity index is 129. The van der Waals surface area contributed by atoms with E-state index in [-0.39, 0.29) is 6.42 Å². The molecule has 8 heteroatoms. The topological polar surface area (TPSA) is 115 Å². The molecule has 0 rings (SSSR count). The van der Waals surface area contributed by atoms with Crippen molar-refractivity contribution in [1.29, 1.82) is 0 Å². The minimum atomic E-state index is -1.83. The van der Waals surface area contributed by atoms with Gasteiger partial charge in [-0.15, -0.1) is 0 Å². The number of halogens is 2. The van der Waals surface area contributed by atoms with Gasteiger partial charge in [-0.05, 0) is 6.92 Å². The van der Waals surface area contributed by atoms with E-state index in [4.69, 9.17) is 30.0 Å². The summed E-state index contributed by atoms with van der Waals surface area (Å²) in [6.45, 7) is 0.803. The predicted molar refractivity (Wildman–Crippen MR) is 42.5 cm³/mol. The van der Waals surface area contributed by atoms with Crippen LogP contribution in [0.5, 0.6) is 0 Å². The predicted octanol–water partition coefficient (Wildman–Crippen LogP) is 2.15. The average Bonchev–Trinajstić information content (AvgIpc) is 1.82. The molecule has 0 aliphatic rings. The Morgan fingerprint density at radius 2 is 1.36 bits per heavy atom. The smallest absolute Gasteiger partial charge is 0.450 e. The van der Waals surface area contributed by atoms with Crippen molar-refractivity contribution in [3.8, 4) is 0 Å². The first-order valence-electron chi connectivity index (χ1n) is 3.27. The van der Waals surface area contributed by atoms with E-state index in [0.29, 0.717) is 0 Å². The van der Waals surface area contributed by atoms with Crippen molar-refractivity contribution < 1.29 is 38.8 Å². The molecule has 14 heavy (non-hydrogen) atoms. The summed E-state index contributed by atoms with van der Waals surface area (Å²) in [6.07, 6.45) is -4.60. The summed E-state index contributed by atoms with van der Waals surface area (Å²) in [5.41, 5.74) is 0. The third-order valence-electron chi connectivity index (χ3n) is 0.507. The van der Waals surface area contributed by atoms with Crippen LogP contribution in [0.1, 0.15) is 13.3 Å². The van der Waals surface area contributed by atoms with E-state index in [1.807, 2.05) is 0 Å². The normalized spacial score (nSPS) is 9.64. The standard InChI is InChI=1S/C4H8F2.2CH2O3/c1-4(6)2-3-5;2*2-1(3)4/h4H,2-3H2,1H3;2*(H2,2,3,4). The molecule has 0 aromatic rings. The first-order valence-corrected chi connectivity index (χ1v) is 3.27. The van der Waals surface area contributed by atoms with Crippen molar-refractivity contribution in [1.82, 2.24) is 0 Å². The summed E-state index contributed by atoms with van der Waals surface area (Å²) >= 11 is 0. The second-order valence-corrected chi connectivity index (χ2v) is 1.82. The van der Waals surface area contributed by atoms with E-state index in [1.54, 1.807) is 0 Å². The molecule has 0 saturated carbocycles. The van der Waals surface area contributed by atoms with Crippen LogP contribution in [0.4, 0.5) is 18.4 Å². The lowest BCUT2D eigenvalue weighted by Crippen LogP contribution is -1.91. The second-order valence-electron chi connectivity index (χ2n) is 1.82. The molecule has 0 heterocycles. The summed E-state index contributed by atoms with van der Waals surface area (Å²) in [4.78, 5) is 17.1. The van der Waals surface area contributed by atoms with Gasteiger partial charge in [0.05, 0.1) is 12.8 Å². The van der Waals surface area contributed by atoms with Gasteiger partial charge in [-0.3, -0.25) is 4.39 Å². The van der Waals surface area contributed by atoms with Gasteiger partial charge < -0.3 is 20.4 Å². The van der Waals surface area contributed by atoms with E-state index in [1.165, 1.54) is 6.92 Å². The molecule has 0 fully saturated rings. The van der Waals surface area contributed by atoms with Crippen molar-refractivity contribution in [3.63, 3.8) is 0 Å². The first kappa shape index (κ1) is 18.2. The van der Waals surface area contributed by atoms with Gasteiger partial charge >= 0.3 is 12.3 Å². The summed E-state index contributed by atoms with van der Waals surface area (Å²) < 4.78 is 22.5. The Hall–Kier alpha value is -1.60. The number of alkyl halides is 2. The second kappa shape index (κ2) is 14.0. The van der Waals surface area contributed by atoms with Crippen LogP contribution in [0, 0.1) is 0 Å². The Kier molecular flexibility index (Phi) is 18.2. The molecule has 4 N–H and O–H groups in total. The lowest BCUT2D eigenvalue weighted by Gasteiger charge is -1.89. The molecule has 1 unspecified atom stereocenters. The van der Waals surface area contributed by atoms with Gasteiger partial charge in [0.15, 0.2) is 0 Å². The van der Waals surface area contributed by atoms with Gasteiger partial charge in [-0.2, -0.15) is 0 Å². The molecular weight excluding hydrogens is 206 g/mol. The third-order valence-corrected chi connectivity index (χ3v) is 0.507. The van der Waals surface area contributed by atoms with Crippen LogP contribution in [-0.4, -0.2) is 45.6 Å². The van der Waals surface area contributed by atoms with Gasteiger partial charge in [0.25, 0.3) is 0 Å². The Morgan fingerprint density at radius 3 is 1.36 bits per heavy atom. The molecule has 0 saturated heterocycles. The molecular formula is C6H12F2O6. The number of rotatable bonds is 2. The van der Waals surface area contributed by atoms with Crippen molar-refractivity contribution in [2.45, 2.75) is 19.5 Å². The molecule has 0 bridgehead atoms. The highest BCUT2D eigenvalue weighted by Gasteiger charge is 1.92. The van der Waals surface area contributed by atoms with Gasteiger partial charge in [0.1, 0.15) is 0 Å². The Morgan fingerprint density at radius 1 is 1.14 bits per heavy atom. The zero-order valence-electron chi connectivity index (χ0n) is 7.35. The maximum absolute atomic E-state index is 11.5. The highest BCUT2D eigenvalue weighted by Crippen LogP contribution is 1.93. The molecule has 0 aliphatic heterocycles. The minimum absolute atomic E-state index is 0.0417. The zero-order valence-corrected chi connectivity index (χ0v) is 7.35. The minimum Gasteiger partial charge on any atom is -0.450 e. The highest BCUT2D eigenvalue weighted by molar-refractivity contribution is 5.53. The molecule has 0 amide bonds. The Balaban J connectivity index is -0.000000135. The van der Waals surface area contributed by atoms with Crippen molar-refractivity contribution in [2.24, 2.45) is 0 Å². The van der Waals surface area contributed by atoms with Gasteiger partial charge in [0.2, 0.25) is 0 Å². The van der Waals surface area contributed by atoms with Crippen LogP contribution >= 0.6 is 0 Å². The van der Waals surface area contributed by atoms with E-state index >= 15 is 0 Å². The van der Waals surface area contributed by atoms with E-state index in [0.717, 1.165) is 0 Å². The van der Waals surface area contributed by atoms with Crippen molar-refractivity contribution in [2.75, 3.05) is 6.67 Å². The van der Waals surface area contributed by atoms with Gasteiger partial charge in [-0.1, -0.05) is 0 Å². The maximum Gasteiger partial charge on any atom is 0.503 e. The molecule has 0 aromatic heterocycles. The maximum atomic E-state index is 11.5. The lowest BCUT2D eigenvalue weighted by atomic mass is 10.3. The molecule has 1 atom stereocenters. The molecule has 0 aliphatic carbocycles. The van der Waals surface area contributed by atoms with Crippen LogP contribution in [0.3, 0.4) is 0 Å². The molecule has 86 valence electrons. The van der Waals surface area contributed by atoms with Crippen molar-refractivity contribution in [3.05, 3.63) is 0 Å². The first-order chi connectivity index (χ1) is 6.23. The number of carbonyl (C=O) groups is 2. The molecule has 0 radical (unpaired) electrons. The summed E-state index contributed by atoms with van der Waals surface area (Å²) in [6, 6.07) is 0. The van der Waals surface area contributed by atoms with Gasteiger partial charge in [-0.25, -0.2) is 14.0 Å². The fourth-order valence-electron chi connectivity index (χ4n) is 0.150. The van der Waals surface area contributed by atoms with Gasteiger partial charge in [0, 0.05) is 6.42 Å². The largest absolute Gasteiger partial charge is 0.503 e. The van der Waals surface area contributed by atoms with E-state index < -0.39 is 25.2 Å². The monoisotopic (exact) mass is 218 g/mol. The average molecular weight is 218 g/mol. The summed E-state index contributed by atoms with van der Waals surface area (Å²) in [5, 5.41) is 27.9. The quantitative estimate of drug-likeness (QED) is 0.564. The fraction of sp³-hybridized carbons (Fsp3) is 0.667. The molecule has 6 nitrogen and oxygen atoms in total. The van der Waals surface area contributed by atoms with Crippen LogP contribution in [-0.2, 0) is 0 Å². The third kappa shape index (κ3) is 469. The number of carboxylic acid groups (broad SMARTS) is 4. The van der Waals surface area contributed by atoms with Crippen LogP contribution in [0.25, 0.3) is 0 Å². The summed E-state index contributed by atoms with van der Waals surface area (Å²) in [7, 11) is 0. The highest BCUT2D eigenvalue weighted by atomic mass is 19.1. The van der Waals surface area contributed by atoms with E-state index in [9.17, 15) is 8.78 Å². The lowest BCUT2D eigenvalue weighted by molar-refractivity contribution is 0.135. The fourth-order valence-corrected chi connectivity index (χ4v) is 0.150. The SMILES string of the molecule is CC(F)CCF.O=C(O)O.O=C(O)O. The van der Waals surface area contributed by atoms with Crippen LogP contribution in [0.15, 0.2) is 0 Å². The molecule has 0 spiro atoms. The number of hydrogen-bond donors (Lipinski definition) is 4. The van der Waals surface area contributed by atoms with Crippen LogP contribution in [0.2, 0.25) is 0 Å². The zero-order chi connectivity index (χ0) is 12.1. The molecule has 0 aromatic carbocycles. The number of hydrogen-bond acceptors (Lipinski definition) is 2. The Labute approximate surface area is 78.4 Å². The summed E-state index contributed by atoms with van der Waals surface area (Å²) in [5.74, 6) is 0. The van der Waals surface area contributed by atoms with Crippen molar-refractivity contribution >= 4 is 12.3 Å². The van der Waals surface area contributed by atoms with Crippen LogP contribution < -0.4 is 0 Å².